The van der Waals surface area contributed by atoms with Crippen LogP contribution in [0.3, 0.4) is 0 Å². The Labute approximate surface area is 179 Å². The molecule has 1 amide bonds. The van der Waals surface area contributed by atoms with Crippen molar-refractivity contribution in [3.63, 3.8) is 0 Å². The van der Waals surface area contributed by atoms with Crippen molar-refractivity contribution in [2.75, 3.05) is 18.9 Å². The zero-order chi connectivity index (χ0) is 20.6. The molecule has 1 heterocycles. The van der Waals surface area contributed by atoms with Crippen LogP contribution in [0.2, 0.25) is 0 Å². The second-order valence-electron chi connectivity index (χ2n) is 7.58. The standard InChI is InChI=1S/C21H22BrN3O3S/c1-25-14-2-3-19(25)24-29(27,28)18-10-8-17(9-11-18)23-20(26)21(12-13-21)15-4-6-16(22)7-5-15/h4-11H,2-3,12-14H2,1H3,(H,23,26)/b24-19+. The molecular formula is C21H22BrN3O3S. The summed E-state index contributed by atoms with van der Waals surface area (Å²) in [5.74, 6) is 0.524. The summed E-state index contributed by atoms with van der Waals surface area (Å²) in [4.78, 5) is 14.8. The third-order valence-corrected chi connectivity index (χ3v) is 7.40. The number of amides is 1. The van der Waals surface area contributed by atoms with Gasteiger partial charge in [-0.3, -0.25) is 4.79 Å². The molecule has 1 N–H and O–H groups in total. The van der Waals surface area contributed by atoms with Gasteiger partial charge in [0, 0.05) is 30.2 Å². The molecule has 1 aliphatic heterocycles. The normalized spacial score (nSPS) is 19.4. The molecule has 0 spiro atoms. The minimum absolute atomic E-state index is 0.0664. The fraction of sp³-hybridized carbons (Fsp3) is 0.333. The summed E-state index contributed by atoms with van der Waals surface area (Å²) in [7, 11) is -1.91. The van der Waals surface area contributed by atoms with Gasteiger partial charge in [0.1, 0.15) is 5.84 Å². The highest BCUT2D eigenvalue weighted by atomic mass is 79.9. The van der Waals surface area contributed by atoms with Gasteiger partial charge in [-0.15, -0.1) is 4.40 Å². The van der Waals surface area contributed by atoms with Crippen LogP contribution in [-0.2, 0) is 20.2 Å². The maximum atomic E-state index is 12.9. The molecular weight excluding hydrogens is 454 g/mol. The van der Waals surface area contributed by atoms with Crippen LogP contribution >= 0.6 is 15.9 Å². The molecule has 152 valence electrons. The Morgan fingerprint density at radius 1 is 1.10 bits per heavy atom. The predicted molar refractivity (Wildman–Crippen MR) is 117 cm³/mol. The van der Waals surface area contributed by atoms with Gasteiger partial charge in [-0.25, -0.2) is 0 Å². The van der Waals surface area contributed by atoms with Gasteiger partial charge in [0.05, 0.1) is 10.3 Å². The number of halogens is 1. The van der Waals surface area contributed by atoms with E-state index in [1.165, 1.54) is 12.1 Å². The fourth-order valence-electron chi connectivity index (χ4n) is 3.60. The largest absolute Gasteiger partial charge is 0.362 e. The Morgan fingerprint density at radius 3 is 2.31 bits per heavy atom. The highest BCUT2D eigenvalue weighted by molar-refractivity contribution is 9.10. The molecule has 0 atom stereocenters. The molecule has 0 aromatic heterocycles. The number of amidine groups is 1. The van der Waals surface area contributed by atoms with E-state index in [4.69, 9.17) is 0 Å². The van der Waals surface area contributed by atoms with Gasteiger partial charge in [-0.05, 0) is 61.2 Å². The van der Waals surface area contributed by atoms with Crippen molar-refractivity contribution in [1.29, 1.82) is 0 Å². The summed E-state index contributed by atoms with van der Waals surface area (Å²) >= 11 is 3.42. The van der Waals surface area contributed by atoms with Gasteiger partial charge in [-0.2, -0.15) is 8.42 Å². The number of carbonyl (C=O) groups is 1. The zero-order valence-electron chi connectivity index (χ0n) is 16.1. The highest BCUT2D eigenvalue weighted by Crippen LogP contribution is 2.49. The molecule has 2 fully saturated rings. The van der Waals surface area contributed by atoms with E-state index in [1.54, 1.807) is 12.1 Å². The fourth-order valence-corrected chi connectivity index (χ4v) is 4.96. The summed E-state index contributed by atoms with van der Waals surface area (Å²) in [5, 5.41) is 2.93. The topological polar surface area (TPSA) is 78.8 Å². The molecule has 0 unspecified atom stereocenters. The van der Waals surface area contributed by atoms with E-state index < -0.39 is 15.4 Å². The third kappa shape index (κ3) is 4.09. The van der Waals surface area contributed by atoms with Gasteiger partial charge in [0.2, 0.25) is 5.91 Å². The number of likely N-dealkylation sites (tertiary alicyclic amines) is 1. The van der Waals surface area contributed by atoms with Crippen molar-refractivity contribution in [3.05, 3.63) is 58.6 Å². The monoisotopic (exact) mass is 475 g/mol. The molecule has 4 rings (SSSR count). The Balaban J connectivity index is 1.48. The van der Waals surface area contributed by atoms with Crippen molar-refractivity contribution >= 4 is 43.4 Å². The molecule has 0 bridgehead atoms. The number of hydrogen-bond acceptors (Lipinski definition) is 3. The molecule has 2 aromatic carbocycles. The lowest BCUT2D eigenvalue weighted by Gasteiger charge is -2.16. The average Bonchev–Trinajstić information content (AvgIpc) is 3.41. The van der Waals surface area contributed by atoms with Crippen LogP contribution in [-0.4, -0.2) is 38.7 Å². The maximum Gasteiger partial charge on any atom is 0.283 e. The molecule has 2 aliphatic rings. The molecule has 1 saturated heterocycles. The lowest BCUT2D eigenvalue weighted by Crippen LogP contribution is -2.27. The average molecular weight is 476 g/mol. The second kappa shape index (κ2) is 7.57. The predicted octanol–water partition coefficient (Wildman–Crippen LogP) is 3.93. The van der Waals surface area contributed by atoms with Gasteiger partial charge in [0.15, 0.2) is 0 Å². The second-order valence-corrected chi connectivity index (χ2v) is 10.1. The highest BCUT2D eigenvalue weighted by Gasteiger charge is 2.51. The first kappa shape index (κ1) is 20.1. The summed E-state index contributed by atoms with van der Waals surface area (Å²) in [6.07, 6.45) is 3.19. The van der Waals surface area contributed by atoms with Gasteiger partial charge in [-0.1, -0.05) is 28.1 Å². The Bertz CT molecular complexity index is 1060. The van der Waals surface area contributed by atoms with E-state index in [0.29, 0.717) is 17.9 Å². The number of rotatable bonds is 5. The van der Waals surface area contributed by atoms with Crippen LogP contribution in [0.5, 0.6) is 0 Å². The van der Waals surface area contributed by atoms with Crippen LogP contribution in [0.1, 0.15) is 31.2 Å². The van der Waals surface area contributed by atoms with Crippen molar-refractivity contribution in [2.45, 2.75) is 36.0 Å². The van der Waals surface area contributed by atoms with Crippen LogP contribution in [0, 0.1) is 0 Å². The maximum absolute atomic E-state index is 12.9. The Morgan fingerprint density at radius 2 is 1.76 bits per heavy atom. The summed E-state index contributed by atoms with van der Waals surface area (Å²) in [6, 6.07) is 14.0. The lowest BCUT2D eigenvalue weighted by atomic mass is 9.95. The number of carbonyl (C=O) groups excluding carboxylic acids is 1. The number of hydrogen-bond donors (Lipinski definition) is 1. The van der Waals surface area contributed by atoms with E-state index >= 15 is 0 Å². The first-order chi connectivity index (χ1) is 13.8. The van der Waals surface area contributed by atoms with Crippen molar-refractivity contribution in [3.8, 4) is 0 Å². The van der Waals surface area contributed by atoms with Crippen LogP contribution in [0.4, 0.5) is 5.69 Å². The van der Waals surface area contributed by atoms with Crippen molar-refractivity contribution in [2.24, 2.45) is 4.40 Å². The molecule has 1 saturated carbocycles. The van der Waals surface area contributed by atoms with E-state index in [2.05, 4.69) is 25.6 Å². The van der Waals surface area contributed by atoms with E-state index in [0.717, 1.165) is 35.8 Å². The van der Waals surface area contributed by atoms with E-state index in [1.807, 2.05) is 36.2 Å². The van der Waals surface area contributed by atoms with Crippen LogP contribution < -0.4 is 5.32 Å². The Hall–Kier alpha value is -2.19. The molecule has 2 aromatic rings. The smallest absolute Gasteiger partial charge is 0.283 e. The minimum Gasteiger partial charge on any atom is -0.362 e. The van der Waals surface area contributed by atoms with E-state index in [-0.39, 0.29) is 10.8 Å². The number of benzene rings is 2. The summed E-state index contributed by atoms with van der Waals surface area (Å²) in [5.41, 5.74) is 1.07. The van der Waals surface area contributed by atoms with E-state index in [9.17, 15) is 13.2 Å². The van der Waals surface area contributed by atoms with Crippen LogP contribution in [0.25, 0.3) is 0 Å². The van der Waals surface area contributed by atoms with Gasteiger partial charge < -0.3 is 10.2 Å². The summed E-state index contributed by atoms with van der Waals surface area (Å²) in [6.45, 7) is 0.819. The molecule has 8 heteroatoms. The van der Waals surface area contributed by atoms with Gasteiger partial charge >= 0.3 is 0 Å². The number of nitrogens with zero attached hydrogens (tertiary/aromatic N) is 2. The third-order valence-electron chi connectivity index (χ3n) is 5.55. The molecule has 29 heavy (non-hydrogen) atoms. The SMILES string of the molecule is CN1CCC/C1=N\S(=O)(=O)c1ccc(NC(=O)C2(c3ccc(Br)cc3)CC2)cc1. The Kier molecular flexibility index (Phi) is 5.25. The molecule has 1 aliphatic carbocycles. The quantitative estimate of drug-likeness (QED) is 0.710. The number of anilines is 1. The zero-order valence-corrected chi connectivity index (χ0v) is 18.5. The number of sulfonamides is 1. The minimum atomic E-state index is -3.76. The first-order valence-corrected chi connectivity index (χ1v) is 11.8. The van der Waals surface area contributed by atoms with Gasteiger partial charge in [0.25, 0.3) is 10.0 Å². The lowest BCUT2D eigenvalue weighted by molar-refractivity contribution is -0.118. The summed E-state index contributed by atoms with van der Waals surface area (Å²) < 4.78 is 30.0. The first-order valence-electron chi connectivity index (χ1n) is 9.53. The van der Waals surface area contributed by atoms with Crippen molar-refractivity contribution < 1.29 is 13.2 Å². The van der Waals surface area contributed by atoms with Crippen molar-refractivity contribution in [1.82, 2.24) is 4.90 Å². The molecule has 6 nitrogen and oxygen atoms in total. The molecule has 0 radical (unpaired) electrons. The number of nitrogens with one attached hydrogen (secondary N) is 1. The van der Waals surface area contributed by atoms with Crippen LogP contribution in [0.15, 0.2) is 62.3 Å².